The van der Waals surface area contributed by atoms with Crippen LogP contribution in [0.15, 0.2) is 41.3 Å². The number of nitrogens with zero attached hydrogens (tertiary/aromatic N) is 1. The molecule has 5 nitrogen and oxygen atoms in total. The third-order valence-electron chi connectivity index (χ3n) is 4.07. The summed E-state index contributed by atoms with van der Waals surface area (Å²) in [7, 11) is 1.56. The van der Waals surface area contributed by atoms with Crippen LogP contribution in [0.3, 0.4) is 0 Å². The lowest BCUT2D eigenvalue weighted by atomic mass is 10.1. The fourth-order valence-electron chi connectivity index (χ4n) is 2.65. The van der Waals surface area contributed by atoms with Crippen molar-refractivity contribution >= 4 is 63.2 Å². The summed E-state index contributed by atoms with van der Waals surface area (Å²) in [5.74, 6) is 0.868. The van der Waals surface area contributed by atoms with Crippen molar-refractivity contribution in [3.63, 3.8) is 0 Å². The van der Waals surface area contributed by atoms with Crippen LogP contribution in [0.2, 0.25) is 5.02 Å². The average Bonchev–Trinajstić information content (AvgIpc) is 2.94. The fraction of sp³-hybridized carbons (Fsp3) is 0.200. The average molecular weight is 530 g/mol. The number of rotatable bonds is 6. The van der Waals surface area contributed by atoms with Gasteiger partial charge in [0.15, 0.2) is 11.5 Å². The predicted octanol–water partition coefficient (Wildman–Crippen LogP) is 5.59. The van der Waals surface area contributed by atoms with E-state index in [9.17, 15) is 9.59 Å². The molecule has 1 saturated heterocycles. The normalized spacial score (nSPS) is 15.4. The minimum Gasteiger partial charge on any atom is -0.493 e. The van der Waals surface area contributed by atoms with E-state index in [1.165, 1.54) is 4.90 Å². The van der Waals surface area contributed by atoms with Crippen molar-refractivity contribution in [2.75, 3.05) is 13.7 Å². The summed E-state index contributed by atoms with van der Waals surface area (Å²) in [6, 6.07) is 11.1. The summed E-state index contributed by atoms with van der Waals surface area (Å²) in [6.45, 7) is 2.44. The van der Waals surface area contributed by atoms with Crippen LogP contribution >= 0.6 is 46.0 Å². The molecule has 0 bridgehead atoms. The van der Waals surface area contributed by atoms with Crippen LogP contribution in [-0.2, 0) is 11.4 Å². The molecule has 1 fully saturated rings. The molecular formula is C20H17ClINO4S. The highest BCUT2D eigenvalue weighted by Gasteiger charge is 2.33. The lowest BCUT2D eigenvalue weighted by molar-refractivity contribution is -0.122. The Morgan fingerprint density at radius 3 is 2.64 bits per heavy atom. The molecule has 2 aromatic carbocycles. The number of benzene rings is 2. The molecule has 2 amide bonds. The van der Waals surface area contributed by atoms with Crippen molar-refractivity contribution < 1.29 is 19.1 Å². The standard InChI is InChI=1S/C20H17ClINO4S/c1-3-23-19(24)17(28-20(23)25)10-12-8-15(22)18(16(9-12)26-2)27-11-13-6-4-5-7-14(13)21/h4-10H,3,11H2,1-2H3/b17-10+. The third kappa shape index (κ3) is 4.47. The molecule has 3 rings (SSSR count). The van der Waals surface area contributed by atoms with E-state index in [1.54, 1.807) is 26.2 Å². The van der Waals surface area contributed by atoms with Crippen LogP contribution in [0.4, 0.5) is 4.79 Å². The Labute approximate surface area is 186 Å². The number of carbonyl (C=O) groups excluding carboxylic acids is 2. The number of thioether (sulfide) groups is 1. The maximum atomic E-state index is 12.3. The Bertz CT molecular complexity index is 963. The minimum absolute atomic E-state index is 0.250. The van der Waals surface area contributed by atoms with Gasteiger partial charge in [0.25, 0.3) is 11.1 Å². The zero-order chi connectivity index (χ0) is 20.3. The van der Waals surface area contributed by atoms with Crippen molar-refractivity contribution in [1.29, 1.82) is 0 Å². The van der Waals surface area contributed by atoms with Crippen molar-refractivity contribution in [2.24, 2.45) is 0 Å². The minimum atomic E-state index is -0.273. The van der Waals surface area contributed by atoms with Crippen molar-refractivity contribution in [1.82, 2.24) is 4.90 Å². The summed E-state index contributed by atoms with van der Waals surface area (Å²) in [6.07, 6.45) is 1.70. The smallest absolute Gasteiger partial charge is 0.293 e. The molecule has 1 aliphatic rings. The number of methoxy groups -OCH3 is 1. The molecule has 0 aliphatic carbocycles. The number of hydrogen-bond donors (Lipinski definition) is 0. The van der Waals surface area contributed by atoms with Gasteiger partial charge >= 0.3 is 0 Å². The molecule has 0 unspecified atom stereocenters. The molecular weight excluding hydrogens is 513 g/mol. The van der Waals surface area contributed by atoms with E-state index in [2.05, 4.69) is 22.6 Å². The predicted molar refractivity (Wildman–Crippen MR) is 120 cm³/mol. The topological polar surface area (TPSA) is 55.8 Å². The number of amides is 2. The number of ether oxygens (including phenoxy) is 2. The second kappa shape index (κ2) is 9.19. The lowest BCUT2D eigenvalue weighted by Crippen LogP contribution is -2.27. The van der Waals surface area contributed by atoms with E-state index < -0.39 is 0 Å². The molecule has 1 aliphatic heterocycles. The van der Waals surface area contributed by atoms with Crippen molar-refractivity contribution in [2.45, 2.75) is 13.5 Å². The number of likely N-dealkylation sites (N-methyl/N-ethyl adjacent to an activating group) is 1. The summed E-state index contributed by atoms with van der Waals surface area (Å²) in [5, 5.41) is 0.389. The fourth-order valence-corrected chi connectivity index (χ4v) is 4.53. The maximum Gasteiger partial charge on any atom is 0.293 e. The van der Waals surface area contributed by atoms with Crippen LogP contribution in [-0.4, -0.2) is 29.7 Å². The lowest BCUT2D eigenvalue weighted by Gasteiger charge is -2.14. The van der Waals surface area contributed by atoms with Gasteiger partial charge in [-0.05, 0) is 71.1 Å². The second-order valence-electron chi connectivity index (χ2n) is 5.84. The molecule has 8 heteroatoms. The largest absolute Gasteiger partial charge is 0.493 e. The molecule has 0 spiro atoms. The molecule has 0 aromatic heterocycles. The van der Waals surface area contributed by atoms with Gasteiger partial charge in [0, 0.05) is 17.1 Å². The first kappa shape index (κ1) is 21.0. The van der Waals surface area contributed by atoms with Crippen LogP contribution in [0, 0.1) is 3.57 Å². The van der Waals surface area contributed by atoms with Gasteiger partial charge in [0.1, 0.15) is 6.61 Å². The summed E-state index contributed by atoms with van der Waals surface area (Å²) < 4.78 is 12.3. The van der Waals surface area contributed by atoms with Gasteiger partial charge in [0.05, 0.1) is 15.6 Å². The highest BCUT2D eigenvalue weighted by molar-refractivity contribution is 14.1. The molecule has 0 atom stereocenters. The molecule has 1 heterocycles. The SMILES string of the molecule is CCN1C(=O)S/C(=C/c2cc(I)c(OCc3ccccc3Cl)c(OC)c2)C1=O. The number of halogens is 2. The van der Waals surface area contributed by atoms with Crippen LogP contribution < -0.4 is 9.47 Å². The Balaban J connectivity index is 1.86. The molecule has 0 saturated carbocycles. The third-order valence-corrected chi connectivity index (χ3v) is 6.15. The number of hydrogen-bond acceptors (Lipinski definition) is 5. The van der Waals surface area contributed by atoms with Gasteiger partial charge in [-0.25, -0.2) is 0 Å². The zero-order valence-electron chi connectivity index (χ0n) is 15.2. The first-order valence-electron chi connectivity index (χ1n) is 8.43. The van der Waals surface area contributed by atoms with E-state index in [4.69, 9.17) is 21.1 Å². The summed E-state index contributed by atoms with van der Waals surface area (Å²) >= 11 is 9.29. The van der Waals surface area contributed by atoms with Crippen LogP contribution in [0.5, 0.6) is 11.5 Å². The molecule has 0 radical (unpaired) electrons. The Morgan fingerprint density at radius 1 is 1.25 bits per heavy atom. The first-order valence-corrected chi connectivity index (χ1v) is 10.7. The highest BCUT2D eigenvalue weighted by atomic mass is 127. The van der Waals surface area contributed by atoms with Gasteiger partial charge in [-0.15, -0.1) is 0 Å². The van der Waals surface area contributed by atoms with E-state index >= 15 is 0 Å². The van der Waals surface area contributed by atoms with Crippen molar-refractivity contribution in [3.05, 3.63) is 61.0 Å². The first-order chi connectivity index (χ1) is 13.4. The molecule has 146 valence electrons. The van der Waals surface area contributed by atoms with Crippen LogP contribution in [0.25, 0.3) is 6.08 Å². The van der Waals surface area contributed by atoms with E-state index in [0.717, 1.165) is 26.5 Å². The van der Waals surface area contributed by atoms with E-state index in [1.807, 2.05) is 30.3 Å². The Morgan fingerprint density at radius 2 is 2.00 bits per heavy atom. The van der Waals surface area contributed by atoms with Gasteiger partial charge < -0.3 is 9.47 Å². The maximum absolute atomic E-state index is 12.3. The van der Waals surface area contributed by atoms with Gasteiger partial charge in [-0.2, -0.15) is 0 Å². The molecule has 28 heavy (non-hydrogen) atoms. The Kier molecular flexibility index (Phi) is 6.90. The van der Waals surface area contributed by atoms with Gasteiger partial charge in [0.2, 0.25) is 0 Å². The van der Waals surface area contributed by atoms with Gasteiger partial charge in [-0.1, -0.05) is 29.8 Å². The van der Waals surface area contributed by atoms with Crippen molar-refractivity contribution in [3.8, 4) is 11.5 Å². The van der Waals surface area contributed by atoms with E-state index in [0.29, 0.717) is 34.6 Å². The van der Waals surface area contributed by atoms with Crippen LogP contribution in [0.1, 0.15) is 18.1 Å². The molecule has 2 aromatic rings. The second-order valence-corrected chi connectivity index (χ2v) is 8.40. The summed E-state index contributed by atoms with van der Waals surface area (Å²) in [5.41, 5.74) is 1.63. The molecule has 0 N–H and O–H groups in total. The number of carbonyl (C=O) groups is 2. The van der Waals surface area contributed by atoms with E-state index in [-0.39, 0.29) is 11.1 Å². The zero-order valence-corrected chi connectivity index (χ0v) is 18.9. The monoisotopic (exact) mass is 529 g/mol. The Hall–Kier alpha value is -1.71. The quantitative estimate of drug-likeness (QED) is 0.361. The summed E-state index contributed by atoms with van der Waals surface area (Å²) in [4.78, 5) is 25.8. The van der Waals surface area contributed by atoms with Gasteiger partial charge in [-0.3, -0.25) is 14.5 Å². The number of imide groups is 1. The highest BCUT2D eigenvalue weighted by Crippen LogP contribution is 2.37.